The van der Waals surface area contributed by atoms with Gasteiger partial charge in [0.1, 0.15) is 0 Å². The number of rotatable bonds is 15. The van der Waals surface area contributed by atoms with Gasteiger partial charge < -0.3 is 0 Å². The van der Waals surface area contributed by atoms with Crippen LogP contribution in [0.4, 0.5) is 0 Å². The maximum absolute atomic E-state index is 2.98. The van der Waals surface area contributed by atoms with E-state index in [9.17, 15) is 0 Å². The summed E-state index contributed by atoms with van der Waals surface area (Å²) >= 11 is 0. The van der Waals surface area contributed by atoms with E-state index in [1.165, 1.54) is 64.5 Å². The summed E-state index contributed by atoms with van der Waals surface area (Å²) in [6.45, 7) is 29.1. The average molecular weight is 451 g/mol. The molecule has 0 aromatic carbocycles. The Kier molecular flexibility index (Phi) is 10.1. The standard InChI is InChI=1S/C28H58N4/c1-12-14-20-29(21-15-13-2)32(27(7,8)9)28(10,11)26(30(22(3)4)23(5)6)31(24-16-17-24)25-18-19-25/h22-26H,12-21H2,1-11H3. The average Bonchev–Trinajstić information content (AvgIpc) is 3.55. The van der Waals surface area contributed by atoms with Gasteiger partial charge in [-0.15, -0.1) is 0 Å². The molecule has 0 radical (unpaired) electrons. The molecule has 2 aliphatic carbocycles. The molecular weight excluding hydrogens is 392 g/mol. The van der Waals surface area contributed by atoms with Gasteiger partial charge in [0, 0.05) is 42.8 Å². The summed E-state index contributed by atoms with van der Waals surface area (Å²) in [7, 11) is 0. The second-order valence-corrected chi connectivity index (χ2v) is 12.7. The van der Waals surface area contributed by atoms with E-state index in [-0.39, 0.29) is 11.1 Å². The first-order valence-corrected chi connectivity index (χ1v) is 14.0. The molecule has 0 aliphatic heterocycles. The largest absolute Gasteiger partial charge is 0.281 e. The normalized spacial score (nSPS) is 19.4. The van der Waals surface area contributed by atoms with Gasteiger partial charge in [-0.05, 0) is 101 Å². The van der Waals surface area contributed by atoms with Gasteiger partial charge in [-0.25, -0.2) is 10.0 Å². The lowest BCUT2D eigenvalue weighted by Gasteiger charge is -2.60. The molecule has 0 spiro atoms. The summed E-state index contributed by atoms with van der Waals surface area (Å²) in [6.07, 6.45) is 11.0. The van der Waals surface area contributed by atoms with Gasteiger partial charge >= 0.3 is 0 Å². The van der Waals surface area contributed by atoms with Crippen molar-refractivity contribution in [1.29, 1.82) is 0 Å². The van der Waals surface area contributed by atoms with E-state index < -0.39 is 0 Å². The molecule has 2 rings (SSSR count). The molecule has 0 amide bonds. The van der Waals surface area contributed by atoms with Crippen molar-refractivity contribution in [3.63, 3.8) is 0 Å². The van der Waals surface area contributed by atoms with Crippen LogP contribution in [-0.4, -0.2) is 74.3 Å². The van der Waals surface area contributed by atoms with E-state index in [1.807, 2.05) is 0 Å². The quantitative estimate of drug-likeness (QED) is 0.202. The van der Waals surface area contributed by atoms with Gasteiger partial charge in [0.2, 0.25) is 0 Å². The minimum Gasteiger partial charge on any atom is -0.281 e. The predicted molar refractivity (Wildman–Crippen MR) is 141 cm³/mol. The molecule has 0 aromatic rings. The molecule has 1 unspecified atom stereocenters. The lowest BCUT2D eigenvalue weighted by Crippen LogP contribution is -2.74. The Labute approximate surface area is 202 Å². The van der Waals surface area contributed by atoms with Crippen molar-refractivity contribution in [2.24, 2.45) is 0 Å². The SMILES string of the molecule is CCCCN(CCCC)N(C(C)(C)C)C(C)(C)C(N(C(C)C)C(C)C)N(C1CC1)C1CC1. The summed E-state index contributed by atoms with van der Waals surface area (Å²) in [4.78, 5) is 5.82. The van der Waals surface area contributed by atoms with Crippen LogP contribution in [0.2, 0.25) is 0 Å². The van der Waals surface area contributed by atoms with E-state index in [1.54, 1.807) is 0 Å². The molecule has 0 N–H and O–H groups in total. The fourth-order valence-corrected chi connectivity index (χ4v) is 6.24. The summed E-state index contributed by atoms with van der Waals surface area (Å²) in [6, 6.07) is 2.63. The lowest BCUT2D eigenvalue weighted by atomic mass is 9.89. The third kappa shape index (κ3) is 6.93. The van der Waals surface area contributed by atoms with Crippen molar-refractivity contribution in [3.05, 3.63) is 0 Å². The van der Waals surface area contributed by atoms with E-state index >= 15 is 0 Å². The molecule has 4 nitrogen and oxygen atoms in total. The van der Waals surface area contributed by atoms with Crippen LogP contribution in [0.25, 0.3) is 0 Å². The van der Waals surface area contributed by atoms with Crippen LogP contribution in [0.1, 0.15) is 128 Å². The van der Waals surface area contributed by atoms with Crippen molar-refractivity contribution in [2.75, 3.05) is 13.1 Å². The lowest BCUT2D eigenvalue weighted by molar-refractivity contribution is -0.210. The zero-order valence-electron chi connectivity index (χ0n) is 23.7. The number of hydrogen-bond donors (Lipinski definition) is 0. The topological polar surface area (TPSA) is 13.0 Å². The second kappa shape index (κ2) is 11.5. The minimum absolute atomic E-state index is 0.000543. The number of nitrogens with zero attached hydrogens (tertiary/aromatic N) is 4. The molecule has 4 heteroatoms. The Morgan fingerprint density at radius 1 is 0.719 bits per heavy atom. The summed E-state index contributed by atoms with van der Waals surface area (Å²) in [5.74, 6) is 0. The molecule has 2 saturated carbocycles. The van der Waals surface area contributed by atoms with Gasteiger partial charge in [-0.2, -0.15) is 0 Å². The van der Waals surface area contributed by atoms with Gasteiger partial charge in [0.15, 0.2) is 0 Å². The van der Waals surface area contributed by atoms with Crippen LogP contribution in [0, 0.1) is 0 Å². The molecule has 0 heterocycles. The predicted octanol–water partition coefficient (Wildman–Crippen LogP) is 6.75. The highest BCUT2D eigenvalue weighted by Gasteiger charge is 2.54. The van der Waals surface area contributed by atoms with Crippen molar-refractivity contribution < 1.29 is 0 Å². The maximum atomic E-state index is 2.98. The van der Waals surface area contributed by atoms with Crippen molar-refractivity contribution in [1.82, 2.24) is 19.8 Å². The number of hydrogen-bond acceptors (Lipinski definition) is 4. The van der Waals surface area contributed by atoms with Crippen LogP contribution in [0.3, 0.4) is 0 Å². The monoisotopic (exact) mass is 450 g/mol. The van der Waals surface area contributed by atoms with Crippen molar-refractivity contribution in [3.8, 4) is 0 Å². The minimum atomic E-state index is -0.000543. The van der Waals surface area contributed by atoms with Gasteiger partial charge in [0.25, 0.3) is 0 Å². The highest BCUT2D eigenvalue weighted by molar-refractivity contribution is 5.07. The summed E-state index contributed by atoms with van der Waals surface area (Å²) < 4.78 is 0. The van der Waals surface area contributed by atoms with E-state index in [2.05, 4.69) is 96.0 Å². The molecular formula is C28H58N4. The molecule has 0 saturated heterocycles. The Morgan fingerprint density at radius 2 is 1.12 bits per heavy atom. The molecule has 190 valence electrons. The van der Waals surface area contributed by atoms with E-state index in [0.29, 0.717) is 18.2 Å². The van der Waals surface area contributed by atoms with Crippen LogP contribution < -0.4 is 0 Å². The Morgan fingerprint density at radius 3 is 1.41 bits per heavy atom. The zero-order valence-corrected chi connectivity index (χ0v) is 23.7. The smallest absolute Gasteiger partial charge is 0.0830 e. The van der Waals surface area contributed by atoms with E-state index in [4.69, 9.17) is 0 Å². The molecule has 0 aromatic heterocycles. The van der Waals surface area contributed by atoms with Crippen LogP contribution >= 0.6 is 0 Å². The van der Waals surface area contributed by atoms with Crippen molar-refractivity contribution in [2.45, 2.75) is 169 Å². The first-order valence-electron chi connectivity index (χ1n) is 14.0. The molecule has 2 fully saturated rings. The number of unbranched alkanes of at least 4 members (excludes halogenated alkanes) is 2. The molecule has 1 atom stereocenters. The van der Waals surface area contributed by atoms with Crippen molar-refractivity contribution >= 4 is 0 Å². The van der Waals surface area contributed by atoms with Gasteiger partial charge in [0.05, 0.1) is 11.7 Å². The van der Waals surface area contributed by atoms with Gasteiger partial charge in [-0.1, -0.05) is 26.7 Å². The summed E-state index contributed by atoms with van der Waals surface area (Å²) in [5, 5.41) is 5.57. The fraction of sp³-hybridized carbons (Fsp3) is 1.00. The van der Waals surface area contributed by atoms with Crippen LogP contribution in [0.15, 0.2) is 0 Å². The molecule has 2 aliphatic rings. The Hall–Kier alpha value is -0.160. The number of hydrazine groups is 1. The Balaban J connectivity index is 2.56. The molecule has 32 heavy (non-hydrogen) atoms. The summed E-state index contributed by atoms with van der Waals surface area (Å²) in [5.41, 5.74) is 0.0705. The van der Waals surface area contributed by atoms with Crippen LogP contribution in [-0.2, 0) is 0 Å². The van der Waals surface area contributed by atoms with E-state index in [0.717, 1.165) is 12.1 Å². The maximum Gasteiger partial charge on any atom is 0.0830 e. The second-order valence-electron chi connectivity index (χ2n) is 12.7. The first kappa shape index (κ1) is 28.1. The zero-order chi connectivity index (χ0) is 24.3. The molecule has 0 bridgehead atoms. The van der Waals surface area contributed by atoms with Gasteiger partial charge in [-0.3, -0.25) is 9.80 Å². The first-order chi connectivity index (χ1) is 14.9. The third-order valence-electron chi connectivity index (χ3n) is 7.33. The Bertz CT molecular complexity index is 506. The highest BCUT2D eigenvalue weighted by atomic mass is 15.7. The highest BCUT2D eigenvalue weighted by Crippen LogP contribution is 2.45. The third-order valence-corrected chi connectivity index (χ3v) is 7.33. The van der Waals surface area contributed by atoms with Crippen LogP contribution in [0.5, 0.6) is 0 Å². The fourth-order valence-electron chi connectivity index (χ4n) is 6.24.